The van der Waals surface area contributed by atoms with Crippen molar-refractivity contribution in [2.45, 2.75) is 32.1 Å². The summed E-state index contributed by atoms with van der Waals surface area (Å²) in [5.74, 6) is 0. The zero-order valence-corrected chi connectivity index (χ0v) is 11.3. The molecule has 70 valence electrons. The highest BCUT2D eigenvalue weighted by Gasteiger charge is 1.95. The van der Waals surface area contributed by atoms with Crippen molar-refractivity contribution in [1.82, 2.24) is 0 Å². The molecule has 1 atom stereocenters. The molecule has 0 amide bonds. The minimum absolute atomic E-state index is 0.366. The second-order valence-corrected chi connectivity index (χ2v) is 9.24. The molecule has 2 N–H and O–H groups in total. The Hall–Kier alpha value is 0.644. The average molecular weight is 214 g/mol. The molecule has 0 saturated heterocycles. The maximum Gasteiger partial charge on any atom is 0.177 e. The van der Waals surface area contributed by atoms with Crippen molar-refractivity contribution in [2.24, 2.45) is 5.73 Å². The Morgan fingerprint density at radius 1 is 1.64 bits per heavy atom. The molecule has 0 aliphatic carbocycles. The van der Waals surface area contributed by atoms with Crippen molar-refractivity contribution >= 4 is 28.9 Å². The molecule has 0 fully saturated rings. The van der Waals surface area contributed by atoms with Gasteiger partial charge in [-0.2, -0.15) is 11.1 Å². The molecule has 5 heteroatoms. The Kier molecular flexibility index (Phi) is 13.7. The maximum absolute atomic E-state index is 5.52. The monoisotopic (exact) mass is 213 g/mol. The number of hydrogen-bond donors (Lipinski definition) is 1. The normalized spacial score (nSPS) is 13.4. The Morgan fingerprint density at radius 3 is 2.09 bits per heavy atom. The summed E-state index contributed by atoms with van der Waals surface area (Å²) in [5.41, 5.74) is 5.89. The molecule has 0 saturated carbocycles. The van der Waals surface area contributed by atoms with Crippen molar-refractivity contribution in [2.75, 3.05) is 7.11 Å². The minimum Gasteiger partial charge on any atom is -0.426 e. The third-order valence-corrected chi connectivity index (χ3v) is 2.24. The summed E-state index contributed by atoms with van der Waals surface area (Å²) in [4.78, 5) is 0. The topological polar surface area (TPSA) is 35.2 Å². The Labute approximate surface area is 78.7 Å². The fraction of sp³-hybridized carbons (Fsp3) is 1.00. The van der Waals surface area contributed by atoms with Crippen LogP contribution in [0.3, 0.4) is 0 Å². The van der Waals surface area contributed by atoms with Crippen molar-refractivity contribution in [1.29, 1.82) is 0 Å². The standard InChI is InChI=1S/C4H13NOSi.C2H7ClSi/c1-3-4(5)7-6-2;1-4(2)3/h4H,3,5,7H2,1-2H3;4H,1-2H3. The van der Waals surface area contributed by atoms with Gasteiger partial charge in [-0.05, 0) is 6.42 Å². The van der Waals surface area contributed by atoms with Crippen LogP contribution in [0.15, 0.2) is 0 Å². The van der Waals surface area contributed by atoms with Gasteiger partial charge in [0.05, 0.1) is 0 Å². The molecule has 11 heavy (non-hydrogen) atoms. The summed E-state index contributed by atoms with van der Waals surface area (Å²) in [6, 6.07) is 0. The molecule has 0 radical (unpaired) electrons. The number of rotatable bonds is 3. The lowest BCUT2D eigenvalue weighted by Crippen LogP contribution is -2.27. The Bertz CT molecular complexity index is 72.8. The van der Waals surface area contributed by atoms with Crippen LogP contribution in [0.2, 0.25) is 13.1 Å². The van der Waals surface area contributed by atoms with Gasteiger partial charge in [-0.3, -0.25) is 0 Å². The molecule has 0 bridgehead atoms. The van der Waals surface area contributed by atoms with Crippen LogP contribution in [0, 0.1) is 0 Å². The highest BCUT2D eigenvalue weighted by atomic mass is 35.6. The van der Waals surface area contributed by atoms with E-state index in [4.69, 9.17) is 21.2 Å². The van der Waals surface area contributed by atoms with Gasteiger partial charge in [-0.1, -0.05) is 20.0 Å². The quantitative estimate of drug-likeness (QED) is 0.551. The molecule has 0 heterocycles. The molecular weight excluding hydrogens is 194 g/mol. The lowest BCUT2D eigenvalue weighted by molar-refractivity contribution is 0.430. The van der Waals surface area contributed by atoms with Crippen LogP contribution in [0.1, 0.15) is 13.3 Å². The summed E-state index contributed by atoms with van der Waals surface area (Å²) >= 11 is 5.41. The molecule has 0 rings (SSSR count). The molecule has 2 nitrogen and oxygen atoms in total. The van der Waals surface area contributed by atoms with Crippen LogP contribution in [-0.2, 0) is 4.43 Å². The van der Waals surface area contributed by atoms with Crippen molar-refractivity contribution in [3.8, 4) is 0 Å². The van der Waals surface area contributed by atoms with Gasteiger partial charge in [0, 0.05) is 12.8 Å². The minimum atomic E-state index is -0.667. The van der Waals surface area contributed by atoms with Crippen LogP contribution in [-0.4, -0.2) is 30.6 Å². The molecule has 0 spiro atoms. The average Bonchev–Trinajstić information content (AvgIpc) is 1.87. The van der Waals surface area contributed by atoms with E-state index < -0.39 is 8.11 Å². The molecule has 0 aliphatic rings. The third-order valence-electron chi connectivity index (χ3n) is 0.905. The first kappa shape index (κ1) is 14.2. The summed E-state index contributed by atoms with van der Waals surface area (Å²) in [7, 11) is 0.681. The van der Waals surface area contributed by atoms with Crippen LogP contribution >= 0.6 is 11.1 Å². The lowest BCUT2D eigenvalue weighted by atomic mass is 10.5. The Morgan fingerprint density at radius 2 is 2.00 bits per heavy atom. The van der Waals surface area contributed by atoms with Crippen molar-refractivity contribution in [3.05, 3.63) is 0 Å². The first-order valence-electron chi connectivity index (χ1n) is 3.93. The highest BCUT2D eigenvalue weighted by Crippen LogP contribution is 1.80. The first-order valence-corrected chi connectivity index (χ1v) is 9.38. The van der Waals surface area contributed by atoms with E-state index in [0.717, 1.165) is 6.42 Å². The second-order valence-electron chi connectivity index (χ2n) is 2.64. The van der Waals surface area contributed by atoms with E-state index in [1.165, 1.54) is 0 Å². The predicted molar refractivity (Wildman–Crippen MR) is 58.5 cm³/mol. The molecule has 1 unspecified atom stereocenters. The van der Waals surface area contributed by atoms with Crippen LogP contribution in [0.25, 0.3) is 0 Å². The number of nitrogens with two attached hydrogens (primary N) is 1. The van der Waals surface area contributed by atoms with Gasteiger partial charge in [-0.15, -0.1) is 0 Å². The van der Waals surface area contributed by atoms with Crippen LogP contribution < -0.4 is 5.73 Å². The van der Waals surface area contributed by atoms with Crippen LogP contribution in [0.4, 0.5) is 0 Å². The molecule has 0 aromatic rings. The van der Waals surface area contributed by atoms with E-state index in [1.54, 1.807) is 7.11 Å². The van der Waals surface area contributed by atoms with Crippen molar-refractivity contribution < 1.29 is 4.43 Å². The zero-order chi connectivity index (χ0) is 9.28. The first-order chi connectivity index (χ1) is 5.04. The molecule has 0 aliphatic heterocycles. The van der Waals surface area contributed by atoms with E-state index in [9.17, 15) is 0 Å². The highest BCUT2D eigenvalue weighted by molar-refractivity contribution is 7.05. The summed E-state index contributed by atoms with van der Waals surface area (Å²) in [5, 5.41) is 0. The molecular formula is C6H20ClNOSi2. The van der Waals surface area contributed by atoms with E-state index in [0.29, 0.717) is 5.67 Å². The summed E-state index contributed by atoms with van der Waals surface area (Å²) in [6.45, 7) is 6.22. The fourth-order valence-electron chi connectivity index (χ4n) is 0.332. The SMILES string of the molecule is CCC(N)[SiH2]OC.C[SiH](C)Cl. The maximum atomic E-state index is 5.52. The Balaban J connectivity index is 0. The van der Waals surface area contributed by atoms with E-state index >= 15 is 0 Å². The van der Waals surface area contributed by atoms with E-state index in [1.807, 2.05) is 0 Å². The van der Waals surface area contributed by atoms with Crippen LogP contribution in [0.5, 0.6) is 0 Å². The van der Waals surface area contributed by atoms with Crippen molar-refractivity contribution in [3.63, 3.8) is 0 Å². The van der Waals surface area contributed by atoms with Gasteiger partial charge in [0.15, 0.2) is 9.76 Å². The number of halogens is 1. The zero-order valence-electron chi connectivity index (χ0n) is 7.93. The van der Waals surface area contributed by atoms with Gasteiger partial charge in [-0.25, -0.2) is 0 Å². The second kappa shape index (κ2) is 10.6. The molecule has 0 aromatic heterocycles. The van der Waals surface area contributed by atoms with E-state index in [-0.39, 0.29) is 9.76 Å². The lowest BCUT2D eigenvalue weighted by Gasteiger charge is -2.02. The largest absolute Gasteiger partial charge is 0.426 e. The van der Waals surface area contributed by atoms with Gasteiger partial charge in [0.1, 0.15) is 8.11 Å². The summed E-state index contributed by atoms with van der Waals surface area (Å²) < 4.78 is 4.91. The molecule has 0 aromatic carbocycles. The fourth-order valence-corrected chi connectivity index (χ4v) is 0.996. The third kappa shape index (κ3) is 25.0. The van der Waals surface area contributed by atoms with Gasteiger partial charge < -0.3 is 10.2 Å². The predicted octanol–water partition coefficient (Wildman–Crippen LogP) is 0.620. The van der Waals surface area contributed by atoms with Gasteiger partial charge in [0.25, 0.3) is 0 Å². The van der Waals surface area contributed by atoms with Gasteiger partial charge >= 0.3 is 0 Å². The summed E-state index contributed by atoms with van der Waals surface area (Å²) in [6.07, 6.45) is 1.06. The number of hydrogen-bond acceptors (Lipinski definition) is 2. The van der Waals surface area contributed by atoms with E-state index in [2.05, 4.69) is 20.0 Å². The van der Waals surface area contributed by atoms with Gasteiger partial charge in [0.2, 0.25) is 0 Å². The smallest absolute Gasteiger partial charge is 0.177 e.